The molecule has 11 amide bonds. The van der Waals surface area contributed by atoms with Crippen molar-refractivity contribution in [1.29, 1.82) is 0 Å². The number of carbonyl (C=O) groups excluding carboxylic acids is 12. The summed E-state index contributed by atoms with van der Waals surface area (Å²) in [6, 6.07) is -4.07. The highest BCUT2D eigenvalue weighted by molar-refractivity contribution is 7.98. The maximum Gasteiger partial charge on any atom is 0.314 e. The van der Waals surface area contributed by atoms with Crippen molar-refractivity contribution in [2.75, 3.05) is 164 Å². The minimum Gasteiger partial charge on any atom is -0.496 e. The number of unbranched alkanes of at least 4 members (excludes halogenated alkanes) is 1. The number of imide groups is 1. The van der Waals surface area contributed by atoms with Crippen LogP contribution in [-0.2, 0) is 109 Å². The molecule has 1 aromatic heterocycles. The average molecular weight is 1610 g/mol. The summed E-state index contributed by atoms with van der Waals surface area (Å²) in [6.07, 6.45) is -2.41. The molecular weight excluding hydrogens is 1490 g/mol. The maximum absolute atomic E-state index is 15.4. The highest BCUT2D eigenvalue weighted by atomic mass is 32.2. The maximum atomic E-state index is 15.4. The zero-order chi connectivity index (χ0) is 80.9. The number of nitrogens with one attached hydrogen (secondary N) is 9. The third kappa shape index (κ3) is 30.2. The number of ketones is 2. The number of urea groups is 1. The van der Waals surface area contributed by atoms with Gasteiger partial charge in [0, 0.05) is 104 Å². The highest BCUT2D eigenvalue weighted by Gasteiger charge is 2.46. The van der Waals surface area contributed by atoms with Crippen LogP contribution in [0.4, 0.5) is 4.79 Å². The Bertz CT molecular complexity index is 3500. The molecule has 4 aliphatic rings. The van der Waals surface area contributed by atoms with Gasteiger partial charge in [0.25, 0.3) is 0 Å². The first kappa shape index (κ1) is 91.9. The number of aromatic amines is 1. The fraction of sp³-hybridized carbons (Fsp3) is 0.694. The van der Waals surface area contributed by atoms with Crippen LogP contribution in [0.2, 0.25) is 0 Å². The number of aliphatic hydroxyl groups is 3. The van der Waals surface area contributed by atoms with Crippen LogP contribution < -0.4 is 58.7 Å². The Morgan fingerprint density at radius 2 is 1.35 bits per heavy atom. The largest absolute Gasteiger partial charge is 0.496 e. The summed E-state index contributed by atoms with van der Waals surface area (Å²) in [6.45, 7) is 10.1. The number of hydrogen-bond donors (Lipinski definition) is 14. The van der Waals surface area contributed by atoms with Gasteiger partial charge in [-0.15, -0.1) is 0 Å². The van der Waals surface area contributed by atoms with E-state index in [0.29, 0.717) is 152 Å². The lowest BCUT2D eigenvalue weighted by molar-refractivity contribution is -0.144. The number of hydrogen-bond acceptors (Lipinski definition) is 27. The molecule has 2 unspecified atom stereocenters. The molecule has 12 atom stereocenters. The molecule has 37 nitrogen and oxygen atoms in total. The molecule has 622 valence electrons. The van der Waals surface area contributed by atoms with E-state index in [1.54, 1.807) is 39.1 Å². The second-order valence-corrected chi connectivity index (χ2v) is 30.1. The number of aromatic nitrogens is 1. The number of thioether (sulfide) groups is 1. The van der Waals surface area contributed by atoms with Gasteiger partial charge in [0.2, 0.25) is 53.2 Å². The minimum atomic E-state index is -2.42. The van der Waals surface area contributed by atoms with Gasteiger partial charge in [0.05, 0.1) is 173 Å². The fourth-order valence-electron chi connectivity index (χ4n) is 12.7. The van der Waals surface area contributed by atoms with Crippen LogP contribution in [0.15, 0.2) is 29.1 Å². The Morgan fingerprint density at radius 3 is 1.95 bits per heavy atom. The molecule has 0 spiro atoms. The van der Waals surface area contributed by atoms with Gasteiger partial charge in [-0.05, 0) is 48.6 Å². The number of methoxy groups -OCH3 is 1. The molecule has 4 aliphatic heterocycles. The zero-order valence-corrected chi connectivity index (χ0v) is 65.5. The molecule has 2 bridgehead atoms. The van der Waals surface area contributed by atoms with Crippen molar-refractivity contribution in [1.82, 2.24) is 57.3 Å². The van der Waals surface area contributed by atoms with Crippen molar-refractivity contribution in [3.05, 3.63) is 35.2 Å². The van der Waals surface area contributed by atoms with Crippen LogP contribution >= 0.6 is 11.8 Å². The van der Waals surface area contributed by atoms with Crippen molar-refractivity contribution >= 4 is 104 Å². The van der Waals surface area contributed by atoms with E-state index >= 15 is 9.00 Å². The van der Waals surface area contributed by atoms with E-state index in [0.717, 1.165) is 4.90 Å². The topological polar surface area (TPSA) is 527 Å². The van der Waals surface area contributed by atoms with Crippen LogP contribution in [0.1, 0.15) is 90.2 Å². The quantitative estimate of drug-likeness (QED) is 0.0230. The van der Waals surface area contributed by atoms with Crippen molar-refractivity contribution in [2.24, 2.45) is 41.1 Å². The monoisotopic (exact) mass is 1610 g/mol. The molecule has 2 saturated heterocycles. The SMILES string of the molecule is CC[C@H](C)[C@@H]1CC(=O)CNC(=O)[C@H]2CC(=O)[C@H]([C@@H](C)[C@@H](O)CO)NC(=O)[C@@H]3C[C@@H](O)CN3C(=O)[C@H](CC(N)=O)NC(=O)[C@H](CS(=O)c3[nH]c4c(CSCCCCNC(=O)NCCOCCOCCOCCOCCOCCOCCOCCN/C=C(\N)CN5C(=O)CC(C)C5=O)c(OC)ccc4c3C2)NC(=O)CNC1=O. The van der Waals surface area contributed by atoms with Crippen molar-refractivity contribution in [3.63, 3.8) is 0 Å². The van der Waals surface area contributed by atoms with Crippen molar-refractivity contribution in [2.45, 2.75) is 133 Å². The van der Waals surface area contributed by atoms with E-state index in [1.165, 1.54) is 30.7 Å². The number of primary amides is 1. The summed E-state index contributed by atoms with van der Waals surface area (Å²) in [5, 5.41) is 53.6. The molecule has 5 heterocycles. The molecule has 1 aromatic carbocycles. The summed E-state index contributed by atoms with van der Waals surface area (Å²) in [4.78, 5) is 170. The van der Waals surface area contributed by atoms with E-state index in [-0.39, 0.29) is 66.2 Å². The number of amides is 11. The van der Waals surface area contributed by atoms with Gasteiger partial charge in [0.1, 0.15) is 28.9 Å². The first-order valence-electron chi connectivity index (χ1n) is 37.6. The van der Waals surface area contributed by atoms with Crippen LogP contribution in [0.3, 0.4) is 0 Å². The van der Waals surface area contributed by atoms with E-state index in [2.05, 4.69) is 47.5 Å². The fourth-order valence-corrected chi connectivity index (χ4v) is 15.1. The molecule has 16 N–H and O–H groups in total. The van der Waals surface area contributed by atoms with Crippen molar-refractivity contribution in [3.8, 4) is 5.75 Å². The van der Waals surface area contributed by atoms with Crippen LogP contribution in [0.25, 0.3) is 10.9 Å². The molecule has 2 aromatic rings. The van der Waals surface area contributed by atoms with E-state index < -0.39 is 188 Å². The Kier molecular flexibility index (Phi) is 40.4. The second kappa shape index (κ2) is 48.8. The van der Waals surface area contributed by atoms with Gasteiger partial charge in [0.15, 0.2) is 11.6 Å². The normalized spacial score (nSPS) is 23.1. The summed E-state index contributed by atoms with van der Waals surface area (Å²) in [5.74, 6) is -12.9. The van der Waals surface area contributed by atoms with Gasteiger partial charge in [-0.3, -0.25) is 61.8 Å². The number of Topliss-reactive ketones (excluding diaryl/α,β-unsaturated/α-hetero) is 2. The number of nitrogens with two attached hydrogens (primary N) is 2. The summed E-state index contributed by atoms with van der Waals surface area (Å²) >= 11 is 1.50. The number of fused-ring (bicyclic) bond motifs is 5. The van der Waals surface area contributed by atoms with Gasteiger partial charge in [-0.25, -0.2) is 4.79 Å². The Morgan fingerprint density at radius 1 is 0.739 bits per heavy atom. The predicted octanol–water partition coefficient (Wildman–Crippen LogP) is -3.22. The first-order chi connectivity index (χ1) is 53.3. The van der Waals surface area contributed by atoms with Crippen molar-refractivity contribution < 1.29 is 115 Å². The molecular formula is C72H113N13O24S2. The zero-order valence-electron chi connectivity index (χ0n) is 63.9. The number of aliphatic hydroxyl groups excluding tert-OH is 3. The van der Waals surface area contributed by atoms with Crippen LogP contribution in [0, 0.1) is 29.6 Å². The molecule has 0 radical (unpaired) electrons. The molecule has 6 rings (SSSR count). The minimum absolute atomic E-state index is 0.0620. The third-order valence-corrected chi connectivity index (χ3v) is 21.7. The first-order valence-corrected chi connectivity index (χ1v) is 40.0. The number of benzene rings is 1. The number of rotatable bonds is 42. The van der Waals surface area contributed by atoms with E-state index in [4.69, 9.17) is 49.4 Å². The predicted molar refractivity (Wildman–Crippen MR) is 403 cm³/mol. The number of H-pyrrole nitrogens is 1. The van der Waals surface area contributed by atoms with E-state index in [9.17, 15) is 68.1 Å². The highest BCUT2D eigenvalue weighted by Crippen LogP contribution is 2.38. The molecule has 39 heteroatoms. The van der Waals surface area contributed by atoms with Gasteiger partial charge in [-0.2, -0.15) is 11.8 Å². The van der Waals surface area contributed by atoms with Gasteiger partial charge < -0.3 is 117 Å². The third-order valence-electron chi connectivity index (χ3n) is 19.1. The van der Waals surface area contributed by atoms with Gasteiger partial charge >= 0.3 is 6.03 Å². The van der Waals surface area contributed by atoms with Gasteiger partial charge in [-0.1, -0.05) is 34.1 Å². The molecule has 0 saturated carbocycles. The number of nitrogens with zero attached hydrogens (tertiary/aromatic N) is 2. The lowest BCUT2D eigenvalue weighted by Crippen LogP contribution is -2.60. The number of likely N-dealkylation sites (tertiary alicyclic amines) is 1. The lowest BCUT2D eigenvalue weighted by atomic mass is 9.85. The van der Waals surface area contributed by atoms with Crippen LogP contribution in [-0.4, -0.2) is 305 Å². The summed E-state index contributed by atoms with van der Waals surface area (Å²) in [7, 11) is -0.975. The second-order valence-electron chi connectivity index (χ2n) is 27.5. The number of carbonyl (C=O) groups is 12. The molecule has 111 heavy (non-hydrogen) atoms. The Hall–Kier alpha value is -7.96. The van der Waals surface area contributed by atoms with E-state index in [1.807, 2.05) is 0 Å². The summed E-state index contributed by atoms with van der Waals surface area (Å²) < 4.78 is 60.0. The number of ether oxygens (including phenoxy) is 8. The average Bonchev–Trinajstić information content (AvgIpc) is 1.62. The Balaban J connectivity index is 0.985. The molecule has 0 aliphatic carbocycles. The van der Waals surface area contributed by atoms with Crippen LogP contribution in [0.5, 0.6) is 5.75 Å². The Labute approximate surface area is 651 Å². The smallest absolute Gasteiger partial charge is 0.314 e. The lowest BCUT2D eigenvalue weighted by Gasteiger charge is -2.32. The standard InChI is InChI=1S/C72H113N13O24S2/c1-6-43(2)51-32-48(87)36-78-65(94)46-30-52-50-9-10-59(102-5)53(41-110-28-8-7-11-76-72(100)77-13-15-104-17-19-106-21-23-108-25-27-109-26-24-107-22-20-105-18-16-103-14-12-75-35-47(73)38-85-62(93)29-44(3)70(85)98)64(50)83-69(52)111(101)42-55(80-61(92)37-79-66(51)95)67(96)81-54(34-60(74)91)71(99)84-39-49(88)33-56(84)68(97)82-63(57(89)31-46)45(4)58(90)40-86/h9-10,35,43-46,49,51,54-56,58,63,75,83,86,88,90H,6-8,11-34,36-42,73H2,1-5H3,(H2,74,91)(H,78,94)(H,79,95)(H,80,92)(H,81,96)(H,82,97)(H2,76,77,100)/b47-35-/t43-,44?,45-,46+,49+,51-,54-,55-,56-,58-,63-,111?/m0/s1. The molecule has 2 fully saturated rings. The summed E-state index contributed by atoms with van der Waals surface area (Å²) in [5.41, 5.74) is 13.0.